The molecule has 10 heteroatoms. The zero-order valence-corrected chi connectivity index (χ0v) is 18.5. The maximum Gasteiger partial charge on any atom is 0.267 e. The highest BCUT2D eigenvalue weighted by Crippen LogP contribution is 2.34. The zero-order chi connectivity index (χ0) is 24.1. The highest BCUT2D eigenvalue weighted by Gasteiger charge is 2.12. The molecule has 34 heavy (non-hydrogen) atoms. The summed E-state index contributed by atoms with van der Waals surface area (Å²) in [6.07, 6.45) is 1.45. The Balaban J connectivity index is 1.60. The average molecular weight is 458 g/mol. The number of benzene rings is 2. The van der Waals surface area contributed by atoms with Crippen LogP contribution in [0.3, 0.4) is 0 Å². The molecule has 10 nitrogen and oxygen atoms in total. The summed E-state index contributed by atoms with van der Waals surface area (Å²) < 4.78 is 16.6. The molecule has 0 saturated carbocycles. The summed E-state index contributed by atoms with van der Waals surface area (Å²) >= 11 is 0. The Morgan fingerprint density at radius 1 is 0.912 bits per heavy atom. The Morgan fingerprint density at radius 3 is 2.50 bits per heavy atom. The number of pyridine rings is 1. The van der Waals surface area contributed by atoms with Gasteiger partial charge in [0.2, 0.25) is 5.95 Å². The van der Waals surface area contributed by atoms with E-state index in [4.69, 9.17) is 25.7 Å². The molecule has 1 amide bonds. The van der Waals surface area contributed by atoms with E-state index in [1.54, 1.807) is 50.6 Å². The number of ether oxygens (including phenoxy) is 3. The molecular weight excluding hydrogens is 436 g/mol. The normalized spacial score (nSPS) is 10.4. The molecule has 0 unspecified atom stereocenters. The van der Waals surface area contributed by atoms with E-state index in [9.17, 15) is 4.79 Å². The van der Waals surface area contributed by atoms with Gasteiger partial charge in [-0.05, 0) is 36.4 Å². The van der Waals surface area contributed by atoms with Gasteiger partial charge >= 0.3 is 0 Å². The second-order valence-corrected chi connectivity index (χ2v) is 7.06. The van der Waals surface area contributed by atoms with Crippen molar-refractivity contribution in [3.63, 3.8) is 0 Å². The molecule has 0 fully saturated rings. The summed E-state index contributed by atoms with van der Waals surface area (Å²) in [5, 5.41) is 3.21. The van der Waals surface area contributed by atoms with Crippen molar-refractivity contribution < 1.29 is 19.0 Å². The van der Waals surface area contributed by atoms with Crippen LogP contribution in [-0.2, 0) is 0 Å². The quantitative estimate of drug-likeness (QED) is 0.359. The molecule has 0 saturated heterocycles. The van der Waals surface area contributed by atoms with Crippen LogP contribution in [-0.4, -0.2) is 35.1 Å². The Hall–Kier alpha value is -4.86. The number of nitrogens with one attached hydrogen (secondary N) is 1. The number of nitrogens with zero attached hydrogens (tertiary/aromatic N) is 3. The molecule has 4 rings (SSSR count). The summed E-state index contributed by atoms with van der Waals surface area (Å²) in [6, 6.07) is 17.5. The summed E-state index contributed by atoms with van der Waals surface area (Å²) in [7, 11) is 3.17. The number of nitrogen functional groups attached to an aromatic ring is 1. The van der Waals surface area contributed by atoms with Gasteiger partial charge in [0.15, 0.2) is 0 Å². The van der Waals surface area contributed by atoms with E-state index in [1.165, 1.54) is 12.3 Å². The highest BCUT2D eigenvalue weighted by atomic mass is 16.5. The molecule has 0 atom stereocenters. The zero-order valence-electron chi connectivity index (χ0n) is 18.5. The molecule has 0 aliphatic rings. The molecule has 2 aromatic heterocycles. The molecule has 2 heterocycles. The Bertz CT molecular complexity index is 1340. The number of aromatic nitrogens is 3. The molecule has 0 bridgehead atoms. The fourth-order valence-corrected chi connectivity index (χ4v) is 3.21. The van der Waals surface area contributed by atoms with Crippen molar-refractivity contribution in [3.05, 3.63) is 72.6 Å². The van der Waals surface area contributed by atoms with E-state index >= 15 is 0 Å². The number of hydrogen-bond acceptors (Lipinski definition) is 9. The van der Waals surface area contributed by atoms with Gasteiger partial charge in [0.05, 0.1) is 19.9 Å². The predicted octanol–water partition coefficient (Wildman–Crippen LogP) is 3.77. The molecule has 0 radical (unpaired) electrons. The number of primary amides is 1. The molecule has 0 spiro atoms. The summed E-state index contributed by atoms with van der Waals surface area (Å²) in [4.78, 5) is 23.9. The fourth-order valence-electron chi connectivity index (χ4n) is 3.21. The third kappa shape index (κ3) is 5.13. The lowest BCUT2D eigenvalue weighted by atomic mass is 10.1. The molecule has 0 aliphatic heterocycles. The van der Waals surface area contributed by atoms with Crippen molar-refractivity contribution in [2.75, 3.05) is 25.3 Å². The predicted molar refractivity (Wildman–Crippen MR) is 128 cm³/mol. The second-order valence-electron chi connectivity index (χ2n) is 7.06. The summed E-state index contributed by atoms with van der Waals surface area (Å²) in [6.45, 7) is 0. The van der Waals surface area contributed by atoms with Gasteiger partial charge in [0, 0.05) is 35.6 Å². The number of amides is 1. The lowest BCUT2D eigenvalue weighted by Gasteiger charge is -2.13. The monoisotopic (exact) mass is 458 g/mol. The van der Waals surface area contributed by atoms with E-state index in [0.29, 0.717) is 45.8 Å². The van der Waals surface area contributed by atoms with Gasteiger partial charge in [-0.15, -0.1) is 0 Å². The first kappa shape index (κ1) is 22.3. The molecule has 2 aromatic carbocycles. The first-order chi connectivity index (χ1) is 16.4. The van der Waals surface area contributed by atoms with Crippen LogP contribution in [0.25, 0.3) is 11.3 Å². The van der Waals surface area contributed by atoms with E-state index < -0.39 is 5.91 Å². The highest BCUT2D eigenvalue weighted by molar-refractivity contribution is 5.91. The largest absolute Gasteiger partial charge is 0.497 e. The first-order valence-electron chi connectivity index (χ1n) is 10.1. The van der Waals surface area contributed by atoms with Crippen molar-refractivity contribution in [3.8, 4) is 34.3 Å². The first-order valence-corrected chi connectivity index (χ1v) is 10.1. The van der Waals surface area contributed by atoms with Gasteiger partial charge in [-0.25, -0.2) is 4.98 Å². The number of hydrogen-bond donors (Lipinski definition) is 3. The van der Waals surface area contributed by atoms with Gasteiger partial charge in [-0.2, -0.15) is 4.98 Å². The van der Waals surface area contributed by atoms with Crippen molar-refractivity contribution in [1.82, 2.24) is 15.0 Å². The van der Waals surface area contributed by atoms with Crippen LogP contribution in [0.1, 0.15) is 10.5 Å². The van der Waals surface area contributed by atoms with E-state index in [2.05, 4.69) is 20.3 Å². The minimum atomic E-state index is -0.634. The maximum atomic E-state index is 11.4. The topological polar surface area (TPSA) is 148 Å². The molecule has 5 N–H and O–H groups in total. The van der Waals surface area contributed by atoms with Gasteiger partial charge in [0.1, 0.15) is 34.5 Å². The smallest absolute Gasteiger partial charge is 0.267 e. The van der Waals surface area contributed by atoms with Gasteiger partial charge < -0.3 is 31.0 Å². The Morgan fingerprint density at radius 2 is 1.74 bits per heavy atom. The second kappa shape index (κ2) is 9.74. The Labute approximate surface area is 195 Å². The van der Waals surface area contributed by atoms with Crippen molar-refractivity contribution >= 4 is 23.4 Å². The number of carbonyl (C=O) groups is 1. The van der Waals surface area contributed by atoms with Crippen LogP contribution in [0.15, 0.2) is 66.9 Å². The minimum Gasteiger partial charge on any atom is -0.497 e. The van der Waals surface area contributed by atoms with Crippen LogP contribution >= 0.6 is 0 Å². The number of nitrogens with two attached hydrogens (primary N) is 2. The average Bonchev–Trinajstić information content (AvgIpc) is 2.83. The van der Waals surface area contributed by atoms with Crippen LogP contribution in [0.2, 0.25) is 0 Å². The number of anilines is 3. The Kier molecular flexibility index (Phi) is 6.40. The number of rotatable bonds is 8. The van der Waals surface area contributed by atoms with E-state index in [-0.39, 0.29) is 11.6 Å². The van der Waals surface area contributed by atoms with Crippen molar-refractivity contribution in [2.45, 2.75) is 0 Å². The summed E-state index contributed by atoms with van der Waals surface area (Å²) in [5.74, 6) is 2.17. The van der Waals surface area contributed by atoms with Crippen LogP contribution < -0.4 is 31.0 Å². The van der Waals surface area contributed by atoms with Crippen molar-refractivity contribution in [1.29, 1.82) is 0 Å². The van der Waals surface area contributed by atoms with Gasteiger partial charge in [-0.1, -0.05) is 6.07 Å². The van der Waals surface area contributed by atoms with E-state index in [1.807, 2.05) is 18.2 Å². The third-order valence-corrected chi connectivity index (χ3v) is 4.75. The minimum absolute atomic E-state index is 0.0908. The lowest BCUT2D eigenvalue weighted by molar-refractivity contribution is 0.0995. The summed E-state index contributed by atoms with van der Waals surface area (Å²) in [5.41, 5.74) is 13.3. The molecular formula is C24H22N6O4. The maximum absolute atomic E-state index is 11.4. The SMILES string of the molecule is COc1ccc(OC)c(-c2cc(Nc3cccc(Oc4ccnc(C(N)=O)c4)c3)nc(N)n2)c1. The van der Waals surface area contributed by atoms with Crippen LogP contribution in [0, 0.1) is 0 Å². The molecule has 0 aliphatic carbocycles. The lowest BCUT2D eigenvalue weighted by Crippen LogP contribution is -2.12. The molecule has 4 aromatic rings. The molecule has 172 valence electrons. The van der Waals surface area contributed by atoms with Gasteiger partial charge in [0.25, 0.3) is 5.91 Å². The standard InChI is InChI=1S/C24H22N6O4/c1-32-15-6-7-21(33-2)18(11-15)19-13-22(30-24(26)29-19)28-14-4-3-5-16(10-14)34-17-8-9-27-20(12-17)23(25)31/h3-13H,1-2H3,(H2,25,31)(H3,26,28,29,30). The van der Waals surface area contributed by atoms with Crippen LogP contribution in [0.5, 0.6) is 23.0 Å². The fraction of sp³-hybridized carbons (Fsp3) is 0.0833. The van der Waals surface area contributed by atoms with E-state index in [0.717, 1.165) is 0 Å². The van der Waals surface area contributed by atoms with Crippen molar-refractivity contribution in [2.24, 2.45) is 5.73 Å². The third-order valence-electron chi connectivity index (χ3n) is 4.75. The van der Waals surface area contributed by atoms with Crippen LogP contribution in [0.4, 0.5) is 17.5 Å². The number of carbonyl (C=O) groups excluding carboxylic acids is 1. The van der Waals surface area contributed by atoms with Gasteiger partial charge in [-0.3, -0.25) is 9.78 Å². The number of methoxy groups -OCH3 is 2.